The number of fused-ring (bicyclic) bond motifs is 1. The summed E-state index contributed by atoms with van der Waals surface area (Å²) in [5.74, 6) is 0.663. The predicted molar refractivity (Wildman–Crippen MR) is 97.2 cm³/mol. The highest BCUT2D eigenvalue weighted by atomic mass is 32.2. The molecule has 6 heteroatoms. The topological polar surface area (TPSA) is 46.1 Å². The highest BCUT2D eigenvalue weighted by Crippen LogP contribution is 2.31. The molecule has 0 aliphatic heterocycles. The lowest BCUT2D eigenvalue weighted by molar-refractivity contribution is -0.129. The molecule has 0 spiro atoms. The number of aromatic nitrogens is 2. The SMILES string of the molecule is CCc1cc2c(SCC(=O)N(C)C3CCCCC3)ncnc2s1. The predicted octanol–water partition coefficient (Wildman–Crippen LogP) is 4.14. The van der Waals surface area contributed by atoms with Crippen LogP contribution < -0.4 is 0 Å². The molecule has 0 saturated heterocycles. The van der Waals surface area contributed by atoms with E-state index in [9.17, 15) is 4.79 Å². The summed E-state index contributed by atoms with van der Waals surface area (Å²) < 4.78 is 0. The number of thioether (sulfide) groups is 1. The highest BCUT2D eigenvalue weighted by Gasteiger charge is 2.22. The van der Waals surface area contributed by atoms with Crippen molar-refractivity contribution in [3.63, 3.8) is 0 Å². The Morgan fingerprint density at radius 2 is 2.13 bits per heavy atom. The van der Waals surface area contributed by atoms with Crippen molar-refractivity contribution < 1.29 is 4.79 Å². The summed E-state index contributed by atoms with van der Waals surface area (Å²) in [5, 5.41) is 2.02. The van der Waals surface area contributed by atoms with Gasteiger partial charge in [0.1, 0.15) is 16.2 Å². The Labute approximate surface area is 145 Å². The van der Waals surface area contributed by atoms with Crippen LogP contribution in [0.5, 0.6) is 0 Å². The van der Waals surface area contributed by atoms with Crippen LogP contribution in [-0.4, -0.2) is 39.6 Å². The molecule has 0 unspecified atom stereocenters. The summed E-state index contributed by atoms with van der Waals surface area (Å²) in [6.45, 7) is 2.15. The minimum absolute atomic E-state index is 0.208. The fourth-order valence-electron chi connectivity index (χ4n) is 3.08. The van der Waals surface area contributed by atoms with E-state index in [0.29, 0.717) is 11.8 Å². The maximum Gasteiger partial charge on any atom is 0.232 e. The molecule has 0 N–H and O–H groups in total. The molecule has 0 aromatic carbocycles. The molecule has 23 heavy (non-hydrogen) atoms. The fourth-order valence-corrected chi connectivity index (χ4v) is 4.97. The molecule has 2 heterocycles. The quantitative estimate of drug-likeness (QED) is 0.601. The summed E-state index contributed by atoms with van der Waals surface area (Å²) in [6.07, 6.45) is 8.71. The second-order valence-corrected chi connectivity index (χ2v) is 8.13. The third-order valence-electron chi connectivity index (χ3n) is 4.54. The van der Waals surface area contributed by atoms with Crippen LogP contribution in [0.1, 0.15) is 43.9 Å². The monoisotopic (exact) mass is 349 g/mol. The van der Waals surface area contributed by atoms with Gasteiger partial charge in [-0.1, -0.05) is 37.9 Å². The van der Waals surface area contributed by atoms with Crippen molar-refractivity contribution in [1.82, 2.24) is 14.9 Å². The fraction of sp³-hybridized carbons (Fsp3) is 0.588. The first-order chi connectivity index (χ1) is 11.2. The zero-order chi connectivity index (χ0) is 16.2. The van der Waals surface area contributed by atoms with Crippen LogP contribution in [0, 0.1) is 0 Å². The summed E-state index contributed by atoms with van der Waals surface area (Å²) in [7, 11) is 1.95. The van der Waals surface area contributed by atoms with Crippen LogP contribution >= 0.6 is 23.1 Å². The van der Waals surface area contributed by atoms with Crippen molar-refractivity contribution in [3.8, 4) is 0 Å². The van der Waals surface area contributed by atoms with E-state index in [-0.39, 0.29) is 5.91 Å². The van der Waals surface area contributed by atoms with Crippen molar-refractivity contribution in [2.45, 2.75) is 56.5 Å². The van der Waals surface area contributed by atoms with Crippen LogP contribution in [-0.2, 0) is 11.2 Å². The summed E-state index contributed by atoms with van der Waals surface area (Å²) in [4.78, 5) is 25.5. The Bertz CT molecular complexity index is 680. The van der Waals surface area contributed by atoms with Crippen molar-refractivity contribution in [3.05, 3.63) is 17.3 Å². The lowest BCUT2D eigenvalue weighted by Gasteiger charge is -2.31. The molecule has 2 aromatic rings. The maximum absolute atomic E-state index is 12.5. The van der Waals surface area contributed by atoms with Crippen molar-refractivity contribution >= 4 is 39.2 Å². The first kappa shape index (κ1) is 16.7. The molecule has 124 valence electrons. The van der Waals surface area contributed by atoms with E-state index in [1.54, 1.807) is 17.7 Å². The Kier molecular flexibility index (Phi) is 5.54. The first-order valence-electron chi connectivity index (χ1n) is 8.31. The van der Waals surface area contributed by atoms with Gasteiger partial charge in [0.05, 0.1) is 5.75 Å². The molecule has 4 nitrogen and oxygen atoms in total. The lowest BCUT2D eigenvalue weighted by Crippen LogP contribution is -2.39. The normalized spacial score (nSPS) is 15.9. The number of hydrogen-bond donors (Lipinski definition) is 0. The number of aryl methyl sites for hydroxylation is 1. The summed E-state index contributed by atoms with van der Waals surface area (Å²) in [6, 6.07) is 2.59. The molecule has 1 fully saturated rings. The smallest absolute Gasteiger partial charge is 0.232 e. The van der Waals surface area contributed by atoms with Crippen LogP contribution in [0.15, 0.2) is 17.4 Å². The number of hydrogen-bond acceptors (Lipinski definition) is 5. The van der Waals surface area contributed by atoms with Gasteiger partial charge in [-0.2, -0.15) is 0 Å². The molecule has 1 aliphatic rings. The van der Waals surface area contributed by atoms with E-state index in [4.69, 9.17) is 0 Å². The van der Waals surface area contributed by atoms with Gasteiger partial charge < -0.3 is 4.90 Å². The van der Waals surface area contributed by atoms with Gasteiger partial charge >= 0.3 is 0 Å². The molecule has 3 rings (SSSR count). The van der Waals surface area contributed by atoms with Crippen LogP contribution in [0.2, 0.25) is 0 Å². The molecule has 1 saturated carbocycles. The molecule has 2 aromatic heterocycles. The van der Waals surface area contributed by atoms with Crippen molar-refractivity contribution in [1.29, 1.82) is 0 Å². The zero-order valence-electron chi connectivity index (χ0n) is 13.7. The second kappa shape index (κ2) is 7.62. The minimum Gasteiger partial charge on any atom is -0.342 e. The van der Waals surface area contributed by atoms with Gasteiger partial charge in [-0.15, -0.1) is 11.3 Å². The molecule has 0 atom stereocenters. The van der Waals surface area contributed by atoms with Crippen LogP contribution in [0.3, 0.4) is 0 Å². The van der Waals surface area contributed by atoms with Crippen molar-refractivity contribution in [2.24, 2.45) is 0 Å². The number of nitrogens with zero attached hydrogens (tertiary/aromatic N) is 3. The maximum atomic E-state index is 12.5. The average Bonchev–Trinajstić information content (AvgIpc) is 3.03. The minimum atomic E-state index is 0.208. The Morgan fingerprint density at radius 3 is 2.87 bits per heavy atom. The highest BCUT2D eigenvalue weighted by molar-refractivity contribution is 8.00. The van der Waals surface area contributed by atoms with Gasteiger partial charge in [0.25, 0.3) is 0 Å². The van der Waals surface area contributed by atoms with Gasteiger partial charge in [0.15, 0.2) is 0 Å². The average molecular weight is 350 g/mol. The Morgan fingerprint density at radius 1 is 1.35 bits per heavy atom. The Balaban J connectivity index is 1.65. The number of amides is 1. The van der Waals surface area contributed by atoms with Gasteiger partial charge in [-0.25, -0.2) is 9.97 Å². The first-order valence-corrected chi connectivity index (χ1v) is 10.1. The van der Waals surface area contributed by atoms with Crippen LogP contribution in [0.25, 0.3) is 10.2 Å². The largest absolute Gasteiger partial charge is 0.342 e. The van der Waals surface area contributed by atoms with E-state index in [2.05, 4.69) is 23.0 Å². The lowest BCUT2D eigenvalue weighted by atomic mass is 9.94. The third kappa shape index (κ3) is 3.86. The van der Waals surface area contributed by atoms with E-state index in [1.165, 1.54) is 35.9 Å². The standard InChI is InChI=1S/C17H23N3OS2/c1-3-13-9-14-16(18-11-19-17(14)23-13)22-10-15(21)20(2)12-7-5-4-6-8-12/h9,11-12H,3-8,10H2,1-2H3. The van der Waals surface area contributed by atoms with E-state index >= 15 is 0 Å². The molecular formula is C17H23N3OS2. The Hall–Kier alpha value is -1.14. The van der Waals surface area contributed by atoms with Crippen LogP contribution in [0.4, 0.5) is 0 Å². The number of rotatable bonds is 5. The number of thiophene rings is 1. The molecule has 1 amide bonds. The van der Waals surface area contributed by atoms with Gasteiger partial charge in [0.2, 0.25) is 5.91 Å². The third-order valence-corrected chi connectivity index (χ3v) is 6.72. The molecular weight excluding hydrogens is 326 g/mol. The zero-order valence-corrected chi connectivity index (χ0v) is 15.4. The van der Waals surface area contributed by atoms with Gasteiger partial charge in [-0.3, -0.25) is 4.79 Å². The van der Waals surface area contributed by atoms with E-state index in [0.717, 1.165) is 34.5 Å². The molecule has 0 radical (unpaired) electrons. The number of carbonyl (C=O) groups is 1. The molecule has 1 aliphatic carbocycles. The van der Waals surface area contributed by atoms with Gasteiger partial charge in [0, 0.05) is 23.4 Å². The van der Waals surface area contributed by atoms with E-state index < -0.39 is 0 Å². The molecule has 0 bridgehead atoms. The number of carbonyl (C=O) groups excluding carboxylic acids is 1. The summed E-state index contributed by atoms with van der Waals surface area (Å²) in [5.41, 5.74) is 0. The second-order valence-electron chi connectivity index (χ2n) is 6.05. The van der Waals surface area contributed by atoms with Crippen molar-refractivity contribution in [2.75, 3.05) is 12.8 Å². The van der Waals surface area contributed by atoms with Gasteiger partial charge in [-0.05, 0) is 25.3 Å². The van der Waals surface area contributed by atoms with E-state index in [1.807, 2.05) is 11.9 Å². The summed E-state index contributed by atoms with van der Waals surface area (Å²) >= 11 is 3.25.